The Bertz CT molecular complexity index is 3440. The molecule has 8 aromatic carbocycles. The fraction of sp³-hybridized carbons (Fsp3) is 0.0189. The Morgan fingerprint density at radius 3 is 1.68 bits per heavy atom. The van der Waals surface area contributed by atoms with Crippen LogP contribution in [0.4, 0.5) is 0 Å². The zero-order valence-electron chi connectivity index (χ0n) is 30.6. The number of furan rings is 1. The molecule has 13 rings (SSSR count). The topological polar surface area (TPSA) is 43.9 Å². The average molecular weight is 726 g/mol. The van der Waals surface area contributed by atoms with E-state index >= 15 is 0 Å². The summed E-state index contributed by atoms with van der Waals surface area (Å²) in [5.41, 5.74) is 17.5. The molecule has 0 N–H and O–H groups in total. The highest BCUT2D eigenvalue weighted by atomic mass is 16.3. The maximum Gasteiger partial charge on any atom is 0.235 e. The molecule has 264 valence electrons. The number of hydrogen-bond acceptors (Lipinski definition) is 3. The van der Waals surface area contributed by atoms with Gasteiger partial charge in [-0.15, -0.1) is 0 Å². The Balaban J connectivity index is 1.12. The van der Waals surface area contributed by atoms with E-state index in [-0.39, 0.29) is 0 Å². The van der Waals surface area contributed by atoms with Crippen molar-refractivity contribution in [3.63, 3.8) is 0 Å². The third-order valence-corrected chi connectivity index (χ3v) is 12.4. The Hall–Kier alpha value is -7.56. The molecule has 0 bridgehead atoms. The number of hydrogen-bond donors (Lipinski definition) is 0. The molecule has 4 nitrogen and oxygen atoms in total. The van der Waals surface area contributed by atoms with Crippen molar-refractivity contribution in [2.45, 2.75) is 5.41 Å². The van der Waals surface area contributed by atoms with Crippen molar-refractivity contribution < 1.29 is 4.42 Å². The molecule has 0 saturated heterocycles. The predicted molar refractivity (Wildman–Crippen MR) is 231 cm³/mol. The van der Waals surface area contributed by atoms with Crippen molar-refractivity contribution in [3.05, 3.63) is 210 Å². The second-order valence-corrected chi connectivity index (χ2v) is 15.3. The van der Waals surface area contributed by atoms with E-state index in [0.29, 0.717) is 5.95 Å². The van der Waals surface area contributed by atoms with Gasteiger partial charge in [-0.3, -0.25) is 4.57 Å². The third-order valence-electron chi connectivity index (χ3n) is 12.4. The second kappa shape index (κ2) is 11.2. The Kier molecular flexibility index (Phi) is 6.07. The summed E-state index contributed by atoms with van der Waals surface area (Å²) in [6, 6.07) is 67.6. The van der Waals surface area contributed by atoms with E-state index in [1.54, 1.807) is 0 Å². The molecule has 0 amide bonds. The molecule has 3 aromatic heterocycles. The van der Waals surface area contributed by atoms with Gasteiger partial charge in [0.1, 0.15) is 11.2 Å². The molecule has 3 heterocycles. The minimum Gasteiger partial charge on any atom is -0.456 e. The molecule has 0 aliphatic heterocycles. The van der Waals surface area contributed by atoms with Gasteiger partial charge in [0, 0.05) is 32.7 Å². The van der Waals surface area contributed by atoms with E-state index in [0.717, 1.165) is 55.5 Å². The number of fused-ring (bicyclic) bond motifs is 16. The van der Waals surface area contributed by atoms with Crippen molar-refractivity contribution in [3.8, 4) is 50.7 Å². The Morgan fingerprint density at radius 2 is 0.947 bits per heavy atom. The summed E-state index contributed by atoms with van der Waals surface area (Å²) in [5, 5.41) is 4.54. The molecule has 0 radical (unpaired) electrons. The largest absolute Gasteiger partial charge is 0.456 e. The molecule has 4 heteroatoms. The zero-order chi connectivity index (χ0) is 37.2. The van der Waals surface area contributed by atoms with Gasteiger partial charge >= 0.3 is 0 Å². The van der Waals surface area contributed by atoms with Crippen LogP contribution in [-0.4, -0.2) is 14.5 Å². The fourth-order valence-corrected chi connectivity index (χ4v) is 10.1. The van der Waals surface area contributed by atoms with Crippen molar-refractivity contribution >= 4 is 43.7 Å². The standard InChI is InChI=1S/C53H31N3O/c1-2-14-32(15-3-1)46-31-47(33-26-27-39-38-20-8-13-25-50(38)57-51(39)28-33)55-52(54-46)56-48-24-12-7-19-37(48)41-29-40-36-18-6-11-23-44(36)53(45(40)30-49(41)56)42-21-9-4-16-34(42)35-17-5-10-22-43(35)53/h1-31H. The van der Waals surface area contributed by atoms with Crippen molar-refractivity contribution in [2.24, 2.45) is 0 Å². The van der Waals surface area contributed by atoms with Crippen LogP contribution < -0.4 is 0 Å². The lowest BCUT2D eigenvalue weighted by Crippen LogP contribution is -2.25. The average Bonchev–Trinajstić information content (AvgIpc) is 3.99. The first-order chi connectivity index (χ1) is 28.3. The molecular formula is C53H31N3O. The van der Waals surface area contributed by atoms with Gasteiger partial charge in [0.25, 0.3) is 0 Å². The normalized spacial score (nSPS) is 13.4. The quantitative estimate of drug-likeness (QED) is 0.182. The predicted octanol–water partition coefficient (Wildman–Crippen LogP) is 13.2. The number of aromatic nitrogens is 3. The van der Waals surface area contributed by atoms with Crippen LogP contribution in [0.1, 0.15) is 22.3 Å². The highest BCUT2D eigenvalue weighted by molar-refractivity contribution is 6.12. The molecule has 0 unspecified atom stereocenters. The summed E-state index contributed by atoms with van der Waals surface area (Å²) in [7, 11) is 0. The van der Waals surface area contributed by atoms with Gasteiger partial charge in [0.05, 0.1) is 27.8 Å². The fourth-order valence-electron chi connectivity index (χ4n) is 10.1. The van der Waals surface area contributed by atoms with Crippen LogP contribution in [0.3, 0.4) is 0 Å². The van der Waals surface area contributed by atoms with E-state index in [1.165, 1.54) is 55.3 Å². The molecule has 2 aliphatic rings. The van der Waals surface area contributed by atoms with Gasteiger partial charge in [0.2, 0.25) is 5.95 Å². The lowest BCUT2D eigenvalue weighted by molar-refractivity contribution is 0.669. The molecule has 2 aliphatic carbocycles. The van der Waals surface area contributed by atoms with Gasteiger partial charge in [-0.25, -0.2) is 9.97 Å². The second-order valence-electron chi connectivity index (χ2n) is 15.3. The monoisotopic (exact) mass is 725 g/mol. The molecular weight excluding hydrogens is 695 g/mol. The zero-order valence-corrected chi connectivity index (χ0v) is 30.6. The summed E-state index contributed by atoms with van der Waals surface area (Å²) in [5.74, 6) is 0.624. The molecule has 0 fully saturated rings. The Morgan fingerprint density at radius 1 is 0.368 bits per heavy atom. The van der Waals surface area contributed by atoms with Gasteiger partial charge in [-0.05, 0) is 87.0 Å². The maximum atomic E-state index is 6.36. The molecule has 11 aromatic rings. The van der Waals surface area contributed by atoms with Gasteiger partial charge in [-0.2, -0.15) is 0 Å². The SMILES string of the molecule is c1ccc(-c2cc(-c3ccc4c(c3)oc3ccccc34)nc(-n3c4ccccc4c4cc5c(cc43)C3(c4ccccc4-c4ccccc43)c3ccccc3-5)n2)cc1. The smallest absolute Gasteiger partial charge is 0.235 e. The van der Waals surface area contributed by atoms with E-state index in [2.05, 4.69) is 174 Å². The van der Waals surface area contributed by atoms with Crippen LogP contribution in [0, 0.1) is 0 Å². The van der Waals surface area contributed by atoms with Gasteiger partial charge in [-0.1, -0.05) is 146 Å². The minimum absolute atomic E-state index is 0.464. The van der Waals surface area contributed by atoms with Crippen molar-refractivity contribution in [2.75, 3.05) is 0 Å². The summed E-state index contributed by atoms with van der Waals surface area (Å²) >= 11 is 0. The first-order valence-electron chi connectivity index (χ1n) is 19.5. The Labute approximate surface area is 328 Å². The lowest BCUT2D eigenvalue weighted by atomic mass is 9.70. The maximum absolute atomic E-state index is 6.36. The van der Waals surface area contributed by atoms with Crippen LogP contribution in [0.5, 0.6) is 0 Å². The number of para-hydroxylation sites is 2. The first-order valence-corrected chi connectivity index (χ1v) is 19.5. The highest BCUT2D eigenvalue weighted by Gasteiger charge is 2.51. The van der Waals surface area contributed by atoms with Crippen molar-refractivity contribution in [1.29, 1.82) is 0 Å². The summed E-state index contributed by atoms with van der Waals surface area (Å²) in [6.07, 6.45) is 0. The van der Waals surface area contributed by atoms with E-state index in [1.807, 2.05) is 18.2 Å². The van der Waals surface area contributed by atoms with Crippen LogP contribution in [-0.2, 0) is 5.41 Å². The molecule has 0 atom stereocenters. The van der Waals surface area contributed by atoms with E-state index < -0.39 is 5.41 Å². The minimum atomic E-state index is -0.464. The number of benzene rings is 8. The third kappa shape index (κ3) is 4.06. The van der Waals surface area contributed by atoms with Crippen LogP contribution in [0.25, 0.3) is 94.5 Å². The summed E-state index contributed by atoms with van der Waals surface area (Å²) in [4.78, 5) is 10.8. The number of nitrogens with zero attached hydrogens (tertiary/aromatic N) is 3. The summed E-state index contributed by atoms with van der Waals surface area (Å²) < 4.78 is 8.65. The lowest BCUT2D eigenvalue weighted by Gasteiger charge is -2.30. The van der Waals surface area contributed by atoms with Crippen molar-refractivity contribution in [1.82, 2.24) is 14.5 Å². The first kappa shape index (κ1) is 30.7. The molecule has 1 spiro atoms. The highest BCUT2D eigenvalue weighted by Crippen LogP contribution is 2.63. The van der Waals surface area contributed by atoms with Gasteiger partial charge < -0.3 is 4.42 Å². The van der Waals surface area contributed by atoms with Crippen LogP contribution >= 0.6 is 0 Å². The van der Waals surface area contributed by atoms with Crippen LogP contribution in [0.15, 0.2) is 192 Å². The van der Waals surface area contributed by atoms with E-state index in [9.17, 15) is 0 Å². The number of rotatable bonds is 3. The van der Waals surface area contributed by atoms with Crippen LogP contribution in [0.2, 0.25) is 0 Å². The molecule has 0 saturated carbocycles. The molecule has 57 heavy (non-hydrogen) atoms. The summed E-state index contributed by atoms with van der Waals surface area (Å²) in [6.45, 7) is 0. The van der Waals surface area contributed by atoms with Gasteiger partial charge in [0.15, 0.2) is 0 Å². The van der Waals surface area contributed by atoms with E-state index in [4.69, 9.17) is 14.4 Å².